The highest BCUT2D eigenvalue weighted by Crippen LogP contribution is 2.37. The van der Waals surface area contributed by atoms with Crippen molar-refractivity contribution in [1.29, 1.82) is 0 Å². The molecule has 2 aromatic heterocycles. The Morgan fingerprint density at radius 2 is 1.86 bits per heavy atom. The highest BCUT2D eigenvalue weighted by Gasteiger charge is 2.26. The second kappa shape index (κ2) is 9.59. The summed E-state index contributed by atoms with van der Waals surface area (Å²) >= 11 is 0. The Hall–Kier alpha value is -3.97. The molecule has 184 valence electrons. The predicted octanol–water partition coefficient (Wildman–Crippen LogP) is 3.79. The molecule has 0 fully saturated rings. The zero-order valence-electron chi connectivity index (χ0n) is 20.9. The van der Waals surface area contributed by atoms with Crippen molar-refractivity contribution in [3.05, 3.63) is 111 Å². The first-order chi connectivity index (χ1) is 17.3. The summed E-state index contributed by atoms with van der Waals surface area (Å²) in [6.07, 6.45) is 4.60. The Labute approximate surface area is 211 Å². The number of aromatic nitrogens is 3. The maximum absolute atomic E-state index is 13.0. The third-order valence-electron chi connectivity index (χ3n) is 7.03. The zero-order valence-corrected chi connectivity index (χ0v) is 20.9. The number of aryl methyl sites for hydroxylation is 3. The van der Waals surface area contributed by atoms with Crippen molar-refractivity contribution in [1.82, 2.24) is 20.1 Å². The fourth-order valence-electron chi connectivity index (χ4n) is 5.23. The first kappa shape index (κ1) is 23.8. The molecule has 1 aliphatic rings. The number of fused-ring (bicyclic) bond motifs is 2. The van der Waals surface area contributed by atoms with Gasteiger partial charge in [0.05, 0.1) is 19.3 Å². The molecular formula is C29H31N5O2. The number of hydrogen-bond donors (Lipinski definition) is 3. The van der Waals surface area contributed by atoms with Gasteiger partial charge in [0.15, 0.2) is 0 Å². The molecule has 0 saturated heterocycles. The van der Waals surface area contributed by atoms with E-state index in [1.54, 1.807) is 0 Å². The van der Waals surface area contributed by atoms with Crippen LogP contribution < -0.4 is 11.1 Å². The third kappa shape index (κ3) is 4.62. The molecule has 0 spiro atoms. The number of anilines is 1. The van der Waals surface area contributed by atoms with Crippen LogP contribution in [-0.4, -0.2) is 32.4 Å². The van der Waals surface area contributed by atoms with Crippen LogP contribution in [0, 0.1) is 20.8 Å². The fraction of sp³-hybridized carbons (Fsp3) is 0.276. The lowest BCUT2D eigenvalue weighted by Crippen LogP contribution is -2.25. The van der Waals surface area contributed by atoms with E-state index in [9.17, 15) is 9.90 Å². The molecule has 0 radical (unpaired) electrons. The summed E-state index contributed by atoms with van der Waals surface area (Å²) in [7, 11) is 0. The molecule has 7 nitrogen and oxygen atoms in total. The number of pyridine rings is 1. The number of benzene rings is 2. The zero-order chi connectivity index (χ0) is 25.4. The highest BCUT2D eigenvalue weighted by atomic mass is 16.3. The summed E-state index contributed by atoms with van der Waals surface area (Å²) in [5.41, 5.74) is 16.0. The van der Waals surface area contributed by atoms with Crippen LogP contribution >= 0.6 is 0 Å². The molecule has 4 N–H and O–H groups in total. The molecule has 5 rings (SSSR count). The van der Waals surface area contributed by atoms with Gasteiger partial charge >= 0.3 is 0 Å². The maximum Gasteiger partial charge on any atom is 0.251 e. The van der Waals surface area contributed by atoms with Crippen molar-refractivity contribution >= 4 is 11.7 Å². The number of nitrogens with zero attached hydrogens (tertiary/aromatic N) is 3. The van der Waals surface area contributed by atoms with Crippen LogP contribution in [0.2, 0.25) is 0 Å². The number of amides is 1. The molecule has 2 aromatic carbocycles. The van der Waals surface area contributed by atoms with E-state index in [1.165, 1.54) is 5.56 Å². The van der Waals surface area contributed by atoms with Gasteiger partial charge in [-0.1, -0.05) is 24.3 Å². The van der Waals surface area contributed by atoms with Crippen molar-refractivity contribution in [3.63, 3.8) is 0 Å². The molecule has 0 unspecified atom stereocenters. The van der Waals surface area contributed by atoms with Crippen LogP contribution in [0.1, 0.15) is 66.5 Å². The van der Waals surface area contributed by atoms with Crippen LogP contribution in [0.4, 0.5) is 5.82 Å². The van der Waals surface area contributed by atoms with E-state index in [2.05, 4.69) is 33.6 Å². The fourth-order valence-corrected chi connectivity index (χ4v) is 5.23. The molecule has 1 aliphatic carbocycles. The monoisotopic (exact) mass is 481 g/mol. The maximum atomic E-state index is 13.0. The average Bonchev–Trinajstić information content (AvgIpc) is 3.25. The number of aliphatic hydroxyl groups is 1. The van der Waals surface area contributed by atoms with E-state index < -0.39 is 0 Å². The second-order valence-corrected chi connectivity index (χ2v) is 9.68. The molecule has 36 heavy (non-hydrogen) atoms. The minimum absolute atomic E-state index is 0.0198. The molecule has 1 amide bonds. The van der Waals surface area contributed by atoms with Crippen LogP contribution in [0.25, 0.3) is 0 Å². The Bertz CT molecular complexity index is 1430. The van der Waals surface area contributed by atoms with Gasteiger partial charge in [0.25, 0.3) is 5.91 Å². The van der Waals surface area contributed by atoms with Gasteiger partial charge in [-0.25, -0.2) is 4.98 Å². The standard InChI is InChI=1S/C29H31N5O2/c1-17-12-32-34(14-17)15-20-4-6-24-22(9-20)11-23-10-21(5-7-25(23)27(24)16-35)29(36)31-13-26-18(2)8-28(30)33-19(26)3/h4-10,12,14,27,35H,11,13,15-16H2,1-3H3,(H2,30,33)(H,31,36)/t27-/m0/s1. The van der Waals surface area contributed by atoms with Crippen molar-refractivity contribution in [2.45, 2.75) is 46.2 Å². The van der Waals surface area contributed by atoms with Gasteiger partial charge in [0, 0.05) is 29.9 Å². The van der Waals surface area contributed by atoms with Gasteiger partial charge in [-0.05, 0) is 89.9 Å². The predicted molar refractivity (Wildman–Crippen MR) is 140 cm³/mol. The largest absolute Gasteiger partial charge is 0.395 e. The Morgan fingerprint density at radius 1 is 1.11 bits per heavy atom. The number of rotatable bonds is 6. The van der Waals surface area contributed by atoms with E-state index in [0.717, 1.165) is 44.6 Å². The quantitative estimate of drug-likeness (QED) is 0.389. The van der Waals surface area contributed by atoms with Crippen molar-refractivity contribution in [3.8, 4) is 0 Å². The summed E-state index contributed by atoms with van der Waals surface area (Å²) in [5.74, 6) is 0.243. The first-order valence-corrected chi connectivity index (χ1v) is 12.2. The van der Waals surface area contributed by atoms with Crippen LogP contribution in [0.15, 0.2) is 54.9 Å². The number of carbonyl (C=O) groups is 1. The van der Waals surface area contributed by atoms with Gasteiger partial charge in [-0.2, -0.15) is 5.10 Å². The summed E-state index contributed by atoms with van der Waals surface area (Å²) in [4.78, 5) is 17.3. The molecule has 0 saturated carbocycles. The van der Waals surface area contributed by atoms with Crippen LogP contribution in [-0.2, 0) is 19.5 Å². The minimum Gasteiger partial charge on any atom is -0.395 e. The molecular weight excluding hydrogens is 450 g/mol. The van der Waals surface area contributed by atoms with Crippen LogP contribution in [0.3, 0.4) is 0 Å². The lowest BCUT2D eigenvalue weighted by molar-refractivity contribution is 0.0950. The normalized spacial score (nSPS) is 14.3. The minimum atomic E-state index is -0.137. The van der Waals surface area contributed by atoms with Gasteiger partial charge in [0.1, 0.15) is 5.82 Å². The number of hydrogen-bond acceptors (Lipinski definition) is 5. The topological polar surface area (TPSA) is 106 Å². The van der Waals surface area contributed by atoms with E-state index in [-0.39, 0.29) is 18.4 Å². The summed E-state index contributed by atoms with van der Waals surface area (Å²) < 4.78 is 1.93. The number of aliphatic hydroxyl groups excluding tert-OH is 1. The molecule has 0 bridgehead atoms. The van der Waals surface area contributed by atoms with E-state index in [1.807, 2.05) is 62.1 Å². The summed E-state index contributed by atoms with van der Waals surface area (Å²) in [5, 5.41) is 17.7. The molecule has 1 atom stereocenters. The van der Waals surface area contributed by atoms with Crippen molar-refractivity contribution < 1.29 is 9.90 Å². The van der Waals surface area contributed by atoms with E-state index >= 15 is 0 Å². The number of carbonyl (C=O) groups excluding carboxylic acids is 1. The van der Waals surface area contributed by atoms with Gasteiger partial charge in [-0.3, -0.25) is 9.48 Å². The summed E-state index contributed by atoms with van der Waals surface area (Å²) in [6.45, 7) is 7.00. The number of nitrogen functional groups attached to an aromatic ring is 1. The van der Waals surface area contributed by atoms with Gasteiger partial charge in [-0.15, -0.1) is 0 Å². The van der Waals surface area contributed by atoms with E-state index in [4.69, 9.17) is 5.73 Å². The Morgan fingerprint density at radius 3 is 2.56 bits per heavy atom. The lowest BCUT2D eigenvalue weighted by Gasteiger charge is -2.28. The Balaban J connectivity index is 1.37. The number of nitrogens with two attached hydrogens (primary N) is 1. The van der Waals surface area contributed by atoms with Crippen LogP contribution in [0.5, 0.6) is 0 Å². The van der Waals surface area contributed by atoms with Crippen molar-refractivity contribution in [2.24, 2.45) is 0 Å². The molecule has 7 heteroatoms. The average molecular weight is 482 g/mol. The smallest absolute Gasteiger partial charge is 0.251 e. The Kier molecular flexibility index (Phi) is 6.33. The molecule has 4 aromatic rings. The van der Waals surface area contributed by atoms with Crippen molar-refractivity contribution in [2.75, 3.05) is 12.3 Å². The summed E-state index contributed by atoms with van der Waals surface area (Å²) in [6, 6.07) is 14.0. The third-order valence-corrected chi connectivity index (χ3v) is 7.03. The SMILES string of the molecule is Cc1cnn(Cc2ccc3c(c2)Cc2cc(C(=O)NCc4c(C)cc(N)nc4C)ccc2[C@H]3CO)c1. The first-order valence-electron chi connectivity index (χ1n) is 12.2. The number of nitrogens with one attached hydrogen (secondary N) is 1. The lowest BCUT2D eigenvalue weighted by atomic mass is 9.77. The van der Waals surface area contributed by atoms with E-state index in [0.29, 0.717) is 30.9 Å². The molecule has 0 aliphatic heterocycles. The molecule has 2 heterocycles. The highest BCUT2D eigenvalue weighted by molar-refractivity contribution is 5.94. The van der Waals surface area contributed by atoms with Gasteiger partial charge in [0.2, 0.25) is 0 Å². The second-order valence-electron chi connectivity index (χ2n) is 9.68. The van der Waals surface area contributed by atoms with Gasteiger partial charge < -0.3 is 16.2 Å².